The monoisotopic (exact) mass is 425 g/mol. The van der Waals surface area contributed by atoms with Gasteiger partial charge in [0.2, 0.25) is 5.95 Å². The summed E-state index contributed by atoms with van der Waals surface area (Å²) in [5, 5.41) is 7.33. The summed E-state index contributed by atoms with van der Waals surface area (Å²) in [5.74, 6) is 2.03. The first-order valence-corrected chi connectivity index (χ1v) is 10.3. The summed E-state index contributed by atoms with van der Waals surface area (Å²) >= 11 is 6.04. The summed E-state index contributed by atoms with van der Waals surface area (Å²) in [6, 6.07) is 15.2. The van der Waals surface area contributed by atoms with Crippen LogP contribution in [0.2, 0.25) is 5.02 Å². The van der Waals surface area contributed by atoms with E-state index in [9.17, 15) is 4.79 Å². The minimum atomic E-state index is -0.252. The van der Waals surface area contributed by atoms with Gasteiger partial charge in [0.1, 0.15) is 17.3 Å². The maximum Gasteiger partial charge on any atom is 0.300 e. The highest BCUT2D eigenvalue weighted by atomic mass is 35.5. The Kier molecular flexibility index (Phi) is 5.81. The molecular weight excluding hydrogens is 402 g/mol. The first-order chi connectivity index (χ1) is 14.6. The quantitative estimate of drug-likeness (QED) is 0.588. The molecule has 0 unspecified atom stereocenters. The molecule has 0 fully saturated rings. The number of benzene rings is 2. The molecule has 0 atom stereocenters. The normalized spacial score (nSPS) is 12.4. The molecule has 0 aliphatic carbocycles. The second kappa shape index (κ2) is 8.67. The molecule has 0 amide bonds. The van der Waals surface area contributed by atoms with Gasteiger partial charge in [0.05, 0.1) is 19.8 Å². The molecule has 30 heavy (non-hydrogen) atoms. The summed E-state index contributed by atoms with van der Waals surface area (Å²) in [6.45, 7) is 6.42. The molecule has 8 heteroatoms. The zero-order valence-electron chi connectivity index (χ0n) is 17.0. The molecule has 7 nitrogen and oxygen atoms in total. The van der Waals surface area contributed by atoms with E-state index in [0.717, 1.165) is 29.4 Å². The van der Waals surface area contributed by atoms with Crippen LogP contribution in [0.3, 0.4) is 0 Å². The number of hydrogen-bond acceptors (Lipinski definition) is 6. The average molecular weight is 426 g/mol. The molecule has 4 rings (SSSR count). The van der Waals surface area contributed by atoms with Crippen molar-refractivity contribution in [1.29, 1.82) is 0 Å². The van der Waals surface area contributed by atoms with Crippen molar-refractivity contribution in [3.8, 4) is 5.75 Å². The zero-order chi connectivity index (χ0) is 21.1. The number of ether oxygens (including phenoxy) is 1. The van der Waals surface area contributed by atoms with E-state index < -0.39 is 0 Å². The van der Waals surface area contributed by atoms with E-state index in [2.05, 4.69) is 15.6 Å². The van der Waals surface area contributed by atoms with Crippen molar-refractivity contribution in [1.82, 2.24) is 9.55 Å². The molecule has 0 saturated heterocycles. The van der Waals surface area contributed by atoms with Crippen LogP contribution in [0.4, 0.5) is 23.1 Å². The van der Waals surface area contributed by atoms with Gasteiger partial charge >= 0.3 is 0 Å². The molecule has 0 bridgehead atoms. The number of nitrogens with one attached hydrogen (secondary N) is 2. The highest BCUT2D eigenvalue weighted by Gasteiger charge is 2.26. The minimum absolute atomic E-state index is 0.252. The van der Waals surface area contributed by atoms with Crippen LogP contribution < -0.4 is 25.8 Å². The lowest BCUT2D eigenvalue weighted by molar-refractivity contribution is 0.340. The van der Waals surface area contributed by atoms with Crippen LogP contribution in [-0.4, -0.2) is 29.4 Å². The van der Waals surface area contributed by atoms with Gasteiger partial charge in [-0.05, 0) is 55.8 Å². The number of anilines is 4. The van der Waals surface area contributed by atoms with Crippen molar-refractivity contribution in [2.75, 3.05) is 35.4 Å². The number of halogens is 1. The first-order valence-electron chi connectivity index (χ1n) is 9.97. The summed E-state index contributed by atoms with van der Waals surface area (Å²) in [7, 11) is 0. The van der Waals surface area contributed by atoms with Crippen LogP contribution in [0.15, 0.2) is 53.3 Å². The van der Waals surface area contributed by atoms with Gasteiger partial charge in [-0.3, -0.25) is 9.36 Å². The Labute approximate surface area is 180 Å². The molecule has 2 N–H and O–H groups in total. The van der Waals surface area contributed by atoms with E-state index in [1.807, 2.05) is 71.8 Å². The predicted molar refractivity (Wildman–Crippen MR) is 121 cm³/mol. The Morgan fingerprint density at radius 3 is 2.53 bits per heavy atom. The van der Waals surface area contributed by atoms with E-state index >= 15 is 0 Å². The molecule has 0 spiro atoms. The van der Waals surface area contributed by atoms with Gasteiger partial charge < -0.3 is 20.3 Å². The predicted octanol–water partition coefficient (Wildman–Crippen LogP) is 4.30. The van der Waals surface area contributed by atoms with Crippen molar-refractivity contribution in [2.45, 2.75) is 20.4 Å². The largest absolute Gasteiger partial charge is 0.494 e. The molecule has 2 aromatic carbocycles. The molecule has 1 aliphatic rings. The number of fused-ring (bicyclic) bond motifs is 1. The summed E-state index contributed by atoms with van der Waals surface area (Å²) < 4.78 is 7.49. The van der Waals surface area contributed by atoms with Crippen molar-refractivity contribution < 1.29 is 4.74 Å². The van der Waals surface area contributed by atoms with E-state index in [1.54, 1.807) is 0 Å². The molecule has 0 saturated carbocycles. The summed E-state index contributed by atoms with van der Waals surface area (Å²) in [4.78, 5) is 19.2. The topological polar surface area (TPSA) is 71.4 Å². The number of nitrogens with zero attached hydrogens (tertiary/aromatic N) is 3. The molecular formula is C22H24ClN5O2. The maximum absolute atomic E-state index is 12.8. The van der Waals surface area contributed by atoms with Crippen molar-refractivity contribution in [3.05, 3.63) is 69.5 Å². The lowest BCUT2D eigenvalue weighted by Crippen LogP contribution is -2.27. The highest BCUT2D eigenvalue weighted by Crippen LogP contribution is 2.31. The van der Waals surface area contributed by atoms with E-state index in [0.29, 0.717) is 36.5 Å². The van der Waals surface area contributed by atoms with Crippen LogP contribution >= 0.6 is 11.6 Å². The van der Waals surface area contributed by atoms with E-state index in [4.69, 9.17) is 16.3 Å². The fraction of sp³-hybridized carbons (Fsp3) is 0.273. The smallest absolute Gasteiger partial charge is 0.300 e. The summed E-state index contributed by atoms with van der Waals surface area (Å²) in [6.07, 6.45) is 0. The van der Waals surface area contributed by atoms with Gasteiger partial charge in [0, 0.05) is 17.3 Å². The van der Waals surface area contributed by atoms with Crippen LogP contribution in [0, 0.1) is 0 Å². The first kappa shape index (κ1) is 20.1. The van der Waals surface area contributed by atoms with Gasteiger partial charge in [0.25, 0.3) is 5.56 Å². The van der Waals surface area contributed by atoms with Crippen molar-refractivity contribution >= 4 is 34.7 Å². The minimum Gasteiger partial charge on any atom is -0.494 e. The Morgan fingerprint density at radius 2 is 1.87 bits per heavy atom. The molecule has 0 radical (unpaired) electrons. The van der Waals surface area contributed by atoms with Gasteiger partial charge in [0.15, 0.2) is 0 Å². The van der Waals surface area contributed by atoms with Crippen LogP contribution in [-0.2, 0) is 6.54 Å². The number of hydrogen-bond donors (Lipinski definition) is 2. The van der Waals surface area contributed by atoms with Gasteiger partial charge in [-0.15, -0.1) is 0 Å². The fourth-order valence-electron chi connectivity index (χ4n) is 3.48. The Bertz CT molecular complexity index is 1080. The van der Waals surface area contributed by atoms with Crippen LogP contribution in [0.1, 0.15) is 19.4 Å². The lowest BCUT2D eigenvalue weighted by Gasteiger charge is -2.19. The number of aromatic nitrogens is 2. The number of rotatable bonds is 7. The third-order valence-electron chi connectivity index (χ3n) is 4.97. The molecule has 1 aliphatic heterocycles. The molecule has 3 aromatic rings. The van der Waals surface area contributed by atoms with Gasteiger partial charge in [-0.2, -0.15) is 4.98 Å². The highest BCUT2D eigenvalue weighted by molar-refractivity contribution is 6.30. The van der Waals surface area contributed by atoms with Gasteiger partial charge in [-0.25, -0.2) is 0 Å². The van der Waals surface area contributed by atoms with Crippen molar-refractivity contribution in [3.63, 3.8) is 0 Å². The third-order valence-corrected chi connectivity index (χ3v) is 5.22. The Balaban J connectivity index is 1.74. The van der Waals surface area contributed by atoms with Gasteiger partial charge in [-0.1, -0.05) is 23.7 Å². The second-order valence-corrected chi connectivity index (χ2v) is 7.36. The van der Waals surface area contributed by atoms with Crippen LogP contribution in [0.25, 0.3) is 0 Å². The molecule has 156 valence electrons. The fourth-order valence-corrected chi connectivity index (χ4v) is 3.61. The Morgan fingerprint density at radius 1 is 1.13 bits per heavy atom. The Hall–Kier alpha value is -3.19. The lowest BCUT2D eigenvalue weighted by atomic mass is 10.2. The molecule has 1 aromatic heterocycles. The van der Waals surface area contributed by atoms with E-state index in [-0.39, 0.29) is 5.56 Å². The van der Waals surface area contributed by atoms with E-state index in [1.165, 1.54) is 0 Å². The second-order valence-electron chi connectivity index (χ2n) is 6.92. The maximum atomic E-state index is 12.8. The van der Waals surface area contributed by atoms with Crippen LogP contribution in [0.5, 0.6) is 5.75 Å². The van der Waals surface area contributed by atoms with Crippen molar-refractivity contribution in [2.24, 2.45) is 0 Å². The SMILES string of the molecule is CCOc1ccc(Nc2nc(=O)c3c(n2Cc2ccc(Cl)cc2)NCN3CC)cc1. The zero-order valence-corrected chi connectivity index (χ0v) is 17.7. The average Bonchev–Trinajstić information content (AvgIpc) is 3.19. The molecule has 2 heterocycles. The third kappa shape index (κ3) is 4.07. The summed E-state index contributed by atoms with van der Waals surface area (Å²) in [5.41, 5.74) is 2.22. The standard InChI is InChI=1S/C22H24ClN5O2/c1-3-27-14-24-20-19(27)21(29)26-22(25-17-9-11-18(12-10-17)30-4-2)28(20)13-15-5-7-16(23)8-6-15/h5-12,24H,3-4,13-14H2,1-2H3,(H,25,26,29).